The Bertz CT molecular complexity index is 349. The van der Waals surface area contributed by atoms with Crippen molar-refractivity contribution < 1.29 is 4.74 Å². The number of aromatic amines is 1. The van der Waals surface area contributed by atoms with Gasteiger partial charge in [0, 0.05) is 12.7 Å². The van der Waals surface area contributed by atoms with Gasteiger partial charge in [0.25, 0.3) is 5.56 Å². The highest BCUT2D eigenvalue weighted by Crippen LogP contribution is 2.13. The predicted octanol–water partition coefficient (Wildman–Crippen LogP) is 1.61. The van der Waals surface area contributed by atoms with Crippen LogP contribution in [0.1, 0.15) is 30.7 Å². The highest BCUT2D eigenvalue weighted by atomic mass is 35.5. The Labute approximate surface area is 87.3 Å². The van der Waals surface area contributed by atoms with E-state index in [-0.39, 0.29) is 10.9 Å². The van der Waals surface area contributed by atoms with E-state index in [4.69, 9.17) is 16.3 Å². The van der Waals surface area contributed by atoms with Crippen molar-refractivity contribution in [3.05, 3.63) is 27.9 Å². The fraction of sp³-hybridized carbons (Fsp3) is 0.556. The number of nitrogens with one attached hydrogen (secondary N) is 1. The third-order valence-corrected chi connectivity index (χ3v) is 1.85. The van der Waals surface area contributed by atoms with E-state index < -0.39 is 0 Å². The smallest absolute Gasteiger partial charge is 0.251 e. The molecule has 1 unspecified atom stereocenters. The number of rotatable bonds is 4. The minimum absolute atomic E-state index is 0.197. The second kappa shape index (κ2) is 5.12. The summed E-state index contributed by atoms with van der Waals surface area (Å²) in [6, 6.07) is 1.42. The van der Waals surface area contributed by atoms with Gasteiger partial charge in [-0.3, -0.25) is 4.79 Å². The molecule has 14 heavy (non-hydrogen) atoms. The van der Waals surface area contributed by atoms with E-state index in [1.165, 1.54) is 6.07 Å². The van der Waals surface area contributed by atoms with Crippen LogP contribution in [0, 0.1) is 0 Å². The first-order valence-electron chi connectivity index (χ1n) is 4.45. The molecule has 1 rings (SSSR count). The maximum atomic E-state index is 11.2. The molecule has 0 aromatic carbocycles. The molecule has 0 amide bonds. The van der Waals surface area contributed by atoms with Gasteiger partial charge < -0.3 is 9.72 Å². The number of halogens is 1. The second-order valence-corrected chi connectivity index (χ2v) is 3.53. The SMILES string of the molecule is CCOCc1cc(=O)[nH]c(C(C)Cl)n1. The van der Waals surface area contributed by atoms with Gasteiger partial charge in [0.2, 0.25) is 0 Å². The van der Waals surface area contributed by atoms with Crippen molar-refractivity contribution in [2.75, 3.05) is 6.61 Å². The van der Waals surface area contributed by atoms with Crippen molar-refractivity contribution in [1.29, 1.82) is 0 Å². The molecular formula is C9H13ClN2O2. The number of aromatic nitrogens is 2. The zero-order chi connectivity index (χ0) is 10.6. The Morgan fingerprint density at radius 1 is 1.71 bits per heavy atom. The molecule has 1 N–H and O–H groups in total. The van der Waals surface area contributed by atoms with Crippen molar-refractivity contribution in [2.24, 2.45) is 0 Å². The Kier molecular flexibility index (Phi) is 4.10. The number of H-pyrrole nitrogens is 1. The molecule has 0 bridgehead atoms. The van der Waals surface area contributed by atoms with E-state index >= 15 is 0 Å². The number of alkyl halides is 1. The van der Waals surface area contributed by atoms with E-state index in [0.29, 0.717) is 24.7 Å². The topological polar surface area (TPSA) is 55.0 Å². The molecule has 4 nitrogen and oxygen atoms in total. The number of ether oxygens (including phenoxy) is 1. The van der Waals surface area contributed by atoms with Crippen molar-refractivity contribution in [3.8, 4) is 0 Å². The maximum Gasteiger partial charge on any atom is 0.251 e. The van der Waals surface area contributed by atoms with Crippen LogP contribution < -0.4 is 5.56 Å². The summed E-state index contributed by atoms with van der Waals surface area (Å²) < 4.78 is 5.15. The van der Waals surface area contributed by atoms with Crippen LogP contribution in [0.15, 0.2) is 10.9 Å². The first kappa shape index (κ1) is 11.2. The normalized spacial score (nSPS) is 12.8. The molecule has 0 saturated carbocycles. The lowest BCUT2D eigenvalue weighted by Gasteiger charge is -2.05. The number of hydrogen-bond donors (Lipinski definition) is 1. The van der Waals surface area contributed by atoms with E-state index in [2.05, 4.69) is 9.97 Å². The van der Waals surface area contributed by atoms with Gasteiger partial charge >= 0.3 is 0 Å². The lowest BCUT2D eigenvalue weighted by Crippen LogP contribution is -2.13. The molecule has 1 atom stereocenters. The molecule has 0 aliphatic heterocycles. The summed E-state index contributed by atoms with van der Waals surface area (Å²) in [5.74, 6) is 0.480. The van der Waals surface area contributed by atoms with Gasteiger partial charge in [-0.25, -0.2) is 4.98 Å². The average molecular weight is 217 g/mol. The zero-order valence-electron chi connectivity index (χ0n) is 8.21. The fourth-order valence-electron chi connectivity index (χ4n) is 0.998. The molecular weight excluding hydrogens is 204 g/mol. The van der Waals surface area contributed by atoms with Crippen LogP contribution >= 0.6 is 11.6 Å². The van der Waals surface area contributed by atoms with Crippen LogP contribution in [0.2, 0.25) is 0 Å². The second-order valence-electron chi connectivity index (χ2n) is 2.88. The Morgan fingerprint density at radius 2 is 2.43 bits per heavy atom. The van der Waals surface area contributed by atoms with E-state index in [1.807, 2.05) is 6.92 Å². The monoisotopic (exact) mass is 216 g/mol. The van der Waals surface area contributed by atoms with Crippen LogP contribution in [-0.4, -0.2) is 16.6 Å². The minimum atomic E-state index is -0.302. The van der Waals surface area contributed by atoms with Crippen LogP contribution in [0.3, 0.4) is 0 Å². The van der Waals surface area contributed by atoms with Crippen molar-refractivity contribution in [3.63, 3.8) is 0 Å². The fourth-order valence-corrected chi connectivity index (χ4v) is 1.10. The quantitative estimate of drug-likeness (QED) is 0.778. The standard InChI is InChI=1S/C9H13ClN2O2/c1-3-14-5-7-4-8(13)12-9(11-7)6(2)10/h4,6H,3,5H2,1-2H3,(H,11,12,13). The molecule has 1 aromatic heterocycles. The van der Waals surface area contributed by atoms with E-state index in [9.17, 15) is 4.79 Å². The molecule has 0 spiro atoms. The van der Waals surface area contributed by atoms with Crippen molar-refractivity contribution in [1.82, 2.24) is 9.97 Å². The molecule has 0 fully saturated rings. The molecule has 0 aliphatic rings. The highest BCUT2D eigenvalue weighted by Gasteiger charge is 2.06. The molecule has 0 saturated heterocycles. The largest absolute Gasteiger partial charge is 0.375 e. The van der Waals surface area contributed by atoms with Gasteiger partial charge in [-0.2, -0.15) is 0 Å². The molecule has 1 aromatic rings. The highest BCUT2D eigenvalue weighted by molar-refractivity contribution is 6.20. The zero-order valence-corrected chi connectivity index (χ0v) is 8.97. The van der Waals surface area contributed by atoms with Gasteiger partial charge in [-0.15, -0.1) is 11.6 Å². The minimum Gasteiger partial charge on any atom is -0.375 e. The van der Waals surface area contributed by atoms with Crippen LogP contribution in [0.25, 0.3) is 0 Å². The predicted molar refractivity (Wildman–Crippen MR) is 54.5 cm³/mol. The third-order valence-electron chi connectivity index (χ3n) is 1.64. The first-order chi connectivity index (χ1) is 6.63. The molecule has 0 aliphatic carbocycles. The van der Waals surface area contributed by atoms with Gasteiger partial charge in [0.15, 0.2) is 0 Å². The van der Waals surface area contributed by atoms with E-state index in [0.717, 1.165) is 0 Å². The summed E-state index contributed by atoms with van der Waals surface area (Å²) in [6.07, 6.45) is 0. The van der Waals surface area contributed by atoms with Crippen LogP contribution in [0.5, 0.6) is 0 Å². The summed E-state index contributed by atoms with van der Waals surface area (Å²) in [5, 5.41) is -0.302. The van der Waals surface area contributed by atoms with Gasteiger partial charge in [0.05, 0.1) is 17.7 Å². The van der Waals surface area contributed by atoms with Crippen molar-refractivity contribution >= 4 is 11.6 Å². The summed E-state index contributed by atoms with van der Waals surface area (Å²) in [4.78, 5) is 17.9. The van der Waals surface area contributed by atoms with Gasteiger partial charge in [0.1, 0.15) is 5.82 Å². The van der Waals surface area contributed by atoms with Crippen LogP contribution in [0.4, 0.5) is 0 Å². The molecule has 0 radical (unpaired) electrons. The number of nitrogens with zero attached hydrogens (tertiary/aromatic N) is 1. The maximum absolute atomic E-state index is 11.2. The summed E-state index contributed by atoms with van der Waals surface area (Å²) in [5.41, 5.74) is 0.412. The third kappa shape index (κ3) is 3.12. The number of hydrogen-bond acceptors (Lipinski definition) is 3. The average Bonchev–Trinajstić information content (AvgIpc) is 2.14. The summed E-state index contributed by atoms with van der Waals surface area (Å²) in [7, 11) is 0. The summed E-state index contributed by atoms with van der Waals surface area (Å²) in [6.45, 7) is 4.58. The first-order valence-corrected chi connectivity index (χ1v) is 4.89. The Morgan fingerprint density at radius 3 is 3.00 bits per heavy atom. The molecule has 5 heteroatoms. The van der Waals surface area contributed by atoms with Crippen LogP contribution in [-0.2, 0) is 11.3 Å². The molecule has 78 valence electrons. The van der Waals surface area contributed by atoms with Crippen molar-refractivity contribution in [2.45, 2.75) is 25.8 Å². The Balaban J connectivity index is 2.90. The Hall–Kier alpha value is -0.870. The lowest BCUT2D eigenvalue weighted by molar-refractivity contribution is 0.131. The van der Waals surface area contributed by atoms with E-state index in [1.54, 1.807) is 6.92 Å². The summed E-state index contributed by atoms with van der Waals surface area (Å²) >= 11 is 5.81. The molecule has 1 heterocycles. The lowest BCUT2D eigenvalue weighted by atomic mass is 10.3. The van der Waals surface area contributed by atoms with Gasteiger partial charge in [-0.05, 0) is 13.8 Å². The van der Waals surface area contributed by atoms with Gasteiger partial charge in [-0.1, -0.05) is 0 Å².